The maximum Gasteiger partial charge on any atom is 0.293 e. The van der Waals surface area contributed by atoms with Crippen LogP contribution in [0.15, 0.2) is 35.5 Å². The van der Waals surface area contributed by atoms with Crippen LogP contribution in [0, 0.1) is 0 Å². The fourth-order valence-electron chi connectivity index (χ4n) is 3.06. The van der Waals surface area contributed by atoms with E-state index in [1.165, 1.54) is 4.57 Å². The van der Waals surface area contributed by atoms with Gasteiger partial charge >= 0.3 is 0 Å². The Labute approximate surface area is 153 Å². The number of likely N-dealkylation sites (N-methyl/N-ethyl adjacent to an activating group) is 1. The second kappa shape index (κ2) is 8.29. The summed E-state index contributed by atoms with van der Waals surface area (Å²) in [6.45, 7) is 3.76. The molecule has 26 heavy (non-hydrogen) atoms. The van der Waals surface area contributed by atoms with Crippen molar-refractivity contribution in [2.75, 3.05) is 45.3 Å². The smallest absolute Gasteiger partial charge is 0.293 e. The van der Waals surface area contributed by atoms with Crippen molar-refractivity contribution >= 4 is 5.82 Å². The van der Waals surface area contributed by atoms with Crippen LogP contribution in [0.25, 0.3) is 0 Å². The molecule has 1 aliphatic heterocycles. The van der Waals surface area contributed by atoms with Gasteiger partial charge in [-0.2, -0.15) is 0 Å². The van der Waals surface area contributed by atoms with Gasteiger partial charge < -0.3 is 18.9 Å². The highest BCUT2D eigenvalue weighted by Crippen LogP contribution is 2.14. The van der Waals surface area contributed by atoms with Crippen molar-refractivity contribution < 1.29 is 9.47 Å². The molecule has 0 radical (unpaired) electrons. The molecule has 0 aliphatic carbocycles. The van der Waals surface area contributed by atoms with E-state index in [1.54, 1.807) is 26.6 Å². The molecule has 0 amide bonds. The van der Waals surface area contributed by atoms with E-state index in [1.807, 2.05) is 30.3 Å². The average molecular weight is 359 g/mol. The molecule has 3 heterocycles. The molecular formula is C18H25N5O3. The number of morpholine rings is 1. The van der Waals surface area contributed by atoms with Crippen molar-refractivity contribution in [3.05, 3.63) is 46.6 Å². The topological polar surface area (TPSA) is 72.7 Å². The highest BCUT2D eigenvalue weighted by Gasteiger charge is 2.23. The first kappa shape index (κ1) is 18.3. The van der Waals surface area contributed by atoms with E-state index in [9.17, 15) is 4.79 Å². The van der Waals surface area contributed by atoms with Crippen LogP contribution in [0.2, 0.25) is 0 Å². The minimum atomic E-state index is -0.105. The number of hydrogen-bond acceptors (Lipinski definition) is 7. The van der Waals surface area contributed by atoms with Crippen LogP contribution in [0.1, 0.15) is 5.56 Å². The monoisotopic (exact) mass is 359 g/mol. The number of anilines is 1. The quantitative estimate of drug-likeness (QED) is 0.744. The molecule has 8 heteroatoms. The molecule has 1 aliphatic rings. The van der Waals surface area contributed by atoms with Crippen LogP contribution in [0.5, 0.6) is 5.88 Å². The summed E-state index contributed by atoms with van der Waals surface area (Å²) in [7, 11) is 5.21. The number of pyridine rings is 1. The fourth-order valence-corrected chi connectivity index (χ4v) is 3.06. The Bertz CT molecular complexity index is 777. The van der Waals surface area contributed by atoms with Crippen LogP contribution in [0.3, 0.4) is 0 Å². The van der Waals surface area contributed by atoms with E-state index in [2.05, 4.69) is 14.9 Å². The Hall–Kier alpha value is -2.45. The van der Waals surface area contributed by atoms with Crippen molar-refractivity contribution in [2.24, 2.45) is 7.05 Å². The molecule has 1 fully saturated rings. The SMILES string of the molecule is COc1ccc(CN2CCO[C@@H](CN(C)c3nccn(C)c3=O)C2)cn1. The molecule has 2 aromatic rings. The predicted octanol–water partition coefficient (Wildman–Crippen LogP) is 0.521. The zero-order chi connectivity index (χ0) is 18.5. The molecule has 3 rings (SSSR count). The van der Waals surface area contributed by atoms with Crippen LogP contribution in [-0.4, -0.2) is 65.9 Å². The number of ether oxygens (including phenoxy) is 2. The Morgan fingerprint density at radius 1 is 1.38 bits per heavy atom. The summed E-state index contributed by atoms with van der Waals surface area (Å²) >= 11 is 0. The number of aromatic nitrogens is 3. The van der Waals surface area contributed by atoms with Crippen molar-refractivity contribution in [3.8, 4) is 5.88 Å². The van der Waals surface area contributed by atoms with E-state index in [4.69, 9.17) is 9.47 Å². The lowest BCUT2D eigenvalue weighted by molar-refractivity contribution is -0.0265. The summed E-state index contributed by atoms with van der Waals surface area (Å²) in [5.41, 5.74) is 1.03. The number of nitrogens with zero attached hydrogens (tertiary/aromatic N) is 5. The normalized spacial score (nSPS) is 17.9. The number of hydrogen-bond donors (Lipinski definition) is 0. The Morgan fingerprint density at radius 2 is 2.23 bits per heavy atom. The second-order valence-corrected chi connectivity index (χ2v) is 6.48. The molecule has 0 N–H and O–H groups in total. The largest absolute Gasteiger partial charge is 0.481 e. The molecule has 0 saturated carbocycles. The summed E-state index contributed by atoms with van der Waals surface area (Å²) in [6.07, 6.45) is 5.15. The lowest BCUT2D eigenvalue weighted by Gasteiger charge is -2.34. The van der Waals surface area contributed by atoms with Gasteiger partial charge in [-0.1, -0.05) is 6.07 Å². The van der Waals surface area contributed by atoms with Gasteiger partial charge in [-0.15, -0.1) is 0 Å². The summed E-state index contributed by atoms with van der Waals surface area (Å²) in [5, 5.41) is 0. The van der Waals surface area contributed by atoms with E-state index in [-0.39, 0.29) is 11.7 Å². The molecule has 8 nitrogen and oxygen atoms in total. The van der Waals surface area contributed by atoms with E-state index in [0.29, 0.717) is 24.8 Å². The van der Waals surface area contributed by atoms with E-state index in [0.717, 1.165) is 25.2 Å². The van der Waals surface area contributed by atoms with Gasteiger partial charge in [0.05, 0.1) is 19.8 Å². The molecule has 0 aromatic carbocycles. The third-order valence-corrected chi connectivity index (χ3v) is 4.47. The van der Waals surface area contributed by atoms with E-state index >= 15 is 0 Å². The van der Waals surface area contributed by atoms with Crippen LogP contribution in [0.4, 0.5) is 5.82 Å². The van der Waals surface area contributed by atoms with Gasteiger partial charge in [0.15, 0.2) is 5.82 Å². The third-order valence-electron chi connectivity index (χ3n) is 4.47. The fraction of sp³-hybridized carbons (Fsp3) is 0.500. The van der Waals surface area contributed by atoms with Crippen LogP contribution in [-0.2, 0) is 18.3 Å². The van der Waals surface area contributed by atoms with Crippen LogP contribution < -0.4 is 15.2 Å². The number of methoxy groups -OCH3 is 1. The highest BCUT2D eigenvalue weighted by atomic mass is 16.5. The molecular weight excluding hydrogens is 334 g/mol. The van der Waals surface area contributed by atoms with Gasteiger partial charge in [0.1, 0.15) is 0 Å². The predicted molar refractivity (Wildman–Crippen MR) is 98.6 cm³/mol. The maximum atomic E-state index is 12.2. The first-order valence-electron chi connectivity index (χ1n) is 8.62. The van der Waals surface area contributed by atoms with Gasteiger partial charge in [-0.05, 0) is 5.56 Å². The van der Waals surface area contributed by atoms with Gasteiger partial charge in [0.25, 0.3) is 5.56 Å². The summed E-state index contributed by atoms with van der Waals surface area (Å²) in [5.74, 6) is 1.06. The standard InChI is InChI=1S/C18H25N5O3/c1-21-7-6-19-17(18(21)24)22(2)12-15-13-23(8-9-26-15)11-14-4-5-16(25-3)20-10-14/h4-7,10,15H,8-9,11-13H2,1-3H3/t15-/m0/s1. The van der Waals surface area contributed by atoms with Crippen molar-refractivity contribution in [2.45, 2.75) is 12.6 Å². The first-order chi connectivity index (χ1) is 12.6. The van der Waals surface area contributed by atoms with Gasteiger partial charge in [-0.3, -0.25) is 9.69 Å². The Balaban J connectivity index is 1.59. The minimum Gasteiger partial charge on any atom is -0.481 e. The lowest BCUT2D eigenvalue weighted by Crippen LogP contribution is -2.47. The van der Waals surface area contributed by atoms with Crippen molar-refractivity contribution in [1.82, 2.24) is 19.4 Å². The van der Waals surface area contributed by atoms with E-state index < -0.39 is 0 Å². The number of aryl methyl sites for hydroxylation is 1. The zero-order valence-electron chi connectivity index (χ0n) is 15.5. The average Bonchev–Trinajstić information content (AvgIpc) is 2.65. The van der Waals surface area contributed by atoms with Gasteiger partial charge in [-0.25, -0.2) is 9.97 Å². The maximum absolute atomic E-state index is 12.2. The molecule has 2 aromatic heterocycles. The lowest BCUT2D eigenvalue weighted by atomic mass is 10.2. The molecule has 1 atom stereocenters. The molecule has 0 bridgehead atoms. The number of rotatable bonds is 6. The second-order valence-electron chi connectivity index (χ2n) is 6.48. The van der Waals surface area contributed by atoms with Crippen molar-refractivity contribution in [3.63, 3.8) is 0 Å². The molecule has 0 unspecified atom stereocenters. The summed E-state index contributed by atoms with van der Waals surface area (Å²) in [6, 6.07) is 3.90. The highest BCUT2D eigenvalue weighted by molar-refractivity contribution is 5.34. The Morgan fingerprint density at radius 3 is 2.96 bits per heavy atom. The first-order valence-corrected chi connectivity index (χ1v) is 8.62. The van der Waals surface area contributed by atoms with Gasteiger partial charge in [0.2, 0.25) is 5.88 Å². The Kier molecular flexibility index (Phi) is 5.85. The third kappa shape index (κ3) is 4.39. The van der Waals surface area contributed by atoms with Crippen molar-refractivity contribution in [1.29, 1.82) is 0 Å². The molecule has 0 spiro atoms. The minimum absolute atomic E-state index is 0.0201. The summed E-state index contributed by atoms with van der Waals surface area (Å²) < 4.78 is 12.5. The summed E-state index contributed by atoms with van der Waals surface area (Å²) in [4.78, 5) is 24.9. The zero-order valence-corrected chi connectivity index (χ0v) is 15.5. The van der Waals surface area contributed by atoms with Gasteiger partial charge in [0, 0.05) is 64.9 Å². The van der Waals surface area contributed by atoms with Crippen LogP contribution >= 0.6 is 0 Å². The molecule has 1 saturated heterocycles. The molecule has 140 valence electrons.